The molecule has 3 heterocycles. The van der Waals surface area contributed by atoms with Crippen LogP contribution in [0.2, 0.25) is 0 Å². The first-order valence-electron chi connectivity index (χ1n) is 6.17. The normalized spacial score (nSPS) is 10.6. The predicted octanol–water partition coefficient (Wildman–Crippen LogP) is 0.925. The Balaban J connectivity index is 2.04. The number of methoxy groups -OCH3 is 1. The van der Waals surface area contributed by atoms with Gasteiger partial charge in [0.25, 0.3) is 0 Å². The van der Waals surface area contributed by atoms with Crippen LogP contribution in [0.15, 0.2) is 30.6 Å². The highest BCUT2D eigenvalue weighted by molar-refractivity contribution is 5.64. The van der Waals surface area contributed by atoms with Crippen molar-refractivity contribution in [3.8, 4) is 28.7 Å². The van der Waals surface area contributed by atoms with E-state index in [1.165, 1.54) is 7.11 Å². The third-order valence-electron chi connectivity index (χ3n) is 2.82. The zero-order valence-electron chi connectivity index (χ0n) is 11.6. The van der Waals surface area contributed by atoms with Crippen LogP contribution in [0.5, 0.6) is 5.88 Å². The van der Waals surface area contributed by atoms with Crippen molar-refractivity contribution in [2.24, 2.45) is 7.05 Å². The van der Waals surface area contributed by atoms with Crippen LogP contribution >= 0.6 is 0 Å². The molecular weight excluding hydrogens is 270 g/mol. The van der Waals surface area contributed by atoms with Crippen molar-refractivity contribution < 1.29 is 4.74 Å². The molecule has 0 unspecified atom stereocenters. The summed E-state index contributed by atoms with van der Waals surface area (Å²) in [6.45, 7) is 0. The van der Waals surface area contributed by atoms with Crippen LogP contribution < -0.4 is 10.5 Å². The lowest BCUT2D eigenvalue weighted by Gasteiger charge is -2.04. The van der Waals surface area contributed by atoms with Gasteiger partial charge in [0.15, 0.2) is 5.82 Å². The van der Waals surface area contributed by atoms with Crippen molar-refractivity contribution in [2.75, 3.05) is 12.8 Å². The summed E-state index contributed by atoms with van der Waals surface area (Å²) in [6.07, 6.45) is 3.57. The predicted molar refractivity (Wildman–Crippen MR) is 76.2 cm³/mol. The molecule has 0 bridgehead atoms. The molecule has 3 rings (SSSR count). The van der Waals surface area contributed by atoms with E-state index in [4.69, 9.17) is 10.5 Å². The summed E-state index contributed by atoms with van der Waals surface area (Å²) in [5, 5.41) is 12.0. The molecule has 0 saturated carbocycles. The Hall–Kier alpha value is -3.03. The Kier molecular flexibility index (Phi) is 3.19. The van der Waals surface area contributed by atoms with E-state index in [1.54, 1.807) is 29.1 Å². The van der Waals surface area contributed by atoms with Crippen LogP contribution in [0.4, 0.5) is 5.82 Å². The molecule has 0 aromatic carbocycles. The fraction of sp³-hybridized carbons (Fsp3) is 0.154. The zero-order chi connectivity index (χ0) is 14.8. The number of hydrogen-bond donors (Lipinski definition) is 1. The lowest BCUT2D eigenvalue weighted by atomic mass is 10.2. The van der Waals surface area contributed by atoms with E-state index in [-0.39, 0.29) is 0 Å². The maximum absolute atomic E-state index is 5.85. The molecule has 0 spiro atoms. The van der Waals surface area contributed by atoms with Gasteiger partial charge in [-0.1, -0.05) is 0 Å². The highest BCUT2D eigenvalue weighted by Gasteiger charge is 2.10. The van der Waals surface area contributed by atoms with Gasteiger partial charge in [-0.05, 0) is 6.07 Å². The molecular formula is C13H13N7O. The van der Waals surface area contributed by atoms with Gasteiger partial charge in [-0.15, -0.1) is 10.2 Å². The van der Waals surface area contributed by atoms with Crippen molar-refractivity contribution in [2.45, 2.75) is 0 Å². The minimum atomic E-state index is 0.358. The molecule has 0 fully saturated rings. The second-order valence-electron chi connectivity index (χ2n) is 4.37. The SMILES string of the molecule is COc1ccc(-c2nc(N)cc(-c3cnn(C)c3)n2)nn1. The number of aryl methyl sites for hydroxylation is 1. The summed E-state index contributed by atoms with van der Waals surface area (Å²) in [7, 11) is 3.37. The van der Waals surface area contributed by atoms with E-state index in [9.17, 15) is 0 Å². The lowest BCUT2D eigenvalue weighted by molar-refractivity contribution is 0.392. The van der Waals surface area contributed by atoms with E-state index in [0.29, 0.717) is 28.9 Å². The summed E-state index contributed by atoms with van der Waals surface area (Å²) in [4.78, 5) is 8.64. The van der Waals surface area contributed by atoms with Gasteiger partial charge < -0.3 is 10.5 Å². The van der Waals surface area contributed by atoms with Gasteiger partial charge in [-0.3, -0.25) is 4.68 Å². The van der Waals surface area contributed by atoms with Crippen LogP contribution in [0.3, 0.4) is 0 Å². The molecule has 2 N–H and O–H groups in total. The highest BCUT2D eigenvalue weighted by Crippen LogP contribution is 2.22. The maximum Gasteiger partial charge on any atom is 0.233 e. The maximum atomic E-state index is 5.85. The van der Waals surface area contributed by atoms with Gasteiger partial charge in [0, 0.05) is 30.9 Å². The van der Waals surface area contributed by atoms with E-state index in [0.717, 1.165) is 5.56 Å². The first kappa shape index (κ1) is 13.0. The molecule has 8 heteroatoms. The number of nitrogen functional groups attached to an aromatic ring is 1. The van der Waals surface area contributed by atoms with Gasteiger partial charge in [0.05, 0.1) is 19.0 Å². The van der Waals surface area contributed by atoms with Crippen LogP contribution in [-0.4, -0.2) is 37.1 Å². The van der Waals surface area contributed by atoms with Crippen LogP contribution in [0.1, 0.15) is 0 Å². The van der Waals surface area contributed by atoms with Crippen molar-refractivity contribution in [3.63, 3.8) is 0 Å². The van der Waals surface area contributed by atoms with Crippen molar-refractivity contribution in [3.05, 3.63) is 30.6 Å². The molecule has 0 aliphatic rings. The average Bonchev–Trinajstić information content (AvgIpc) is 2.93. The minimum absolute atomic E-state index is 0.358. The van der Waals surface area contributed by atoms with Crippen molar-refractivity contribution in [1.82, 2.24) is 29.9 Å². The summed E-state index contributed by atoms with van der Waals surface area (Å²) in [5.41, 5.74) is 7.91. The van der Waals surface area contributed by atoms with E-state index < -0.39 is 0 Å². The molecule has 8 nitrogen and oxygen atoms in total. The molecule has 0 aliphatic carbocycles. The molecule has 3 aromatic heterocycles. The summed E-state index contributed by atoms with van der Waals surface area (Å²) in [5.74, 6) is 1.19. The monoisotopic (exact) mass is 283 g/mol. The Labute approximate surface area is 120 Å². The largest absolute Gasteiger partial charge is 0.480 e. The zero-order valence-corrected chi connectivity index (χ0v) is 11.6. The van der Waals surface area contributed by atoms with Gasteiger partial charge in [-0.2, -0.15) is 5.10 Å². The fourth-order valence-corrected chi connectivity index (χ4v) is 1.83. The quantitative estimate of drug-likeness (QED) is 0.762. The Morgan fingerprint density at radius 1 is 1.14 bits per heavy atom. The molecule has 3 aromatic rings. The van der Waals surface area contributed by atoms with Gasteiger partial charge in [0.2, 0.25) is 5.88 Å². The molecule has 21 heavy (non-hydrogen) atoms. The van der Waals surface area contributed by atoms with E-state index in [2.05, 4.69) is 25.3 Å². The Morgan fingerprint density at radius 3 is 2.62 bits per heavy atom. The molecule has 0 atom stereocenters. The number of ether oxygens (including phenoxy) is 1. The Morgan fingerprint density at radius 2 is 2.00 bits per heavy atom. The second-order valence-corrected chi connectivity index (χ2v) is 4.37. The number of hydrogen-bond acceptors (Lipinski definition) is 7. The Bertz CT molecular complexity index is 766. The lowest BCUT2D eigenvalue weighted by Crippen LogP contribution is -2.00. The first-order valence-corrected chi connectivity index (χ1v) is 6.17. The van der Waals surface area contributed by atoms with Crippen LogP contribution in [0.25, 0.3) is 22.8 Å². The molecule has 0 radical (unpaired) electrons. The summed E-state index contributed by atoms with van der Waals surface area (Å²) < 4.78 is 6.67. The smallest absolute Gasteiger partial charge is 0.233 e. The third kappa shape index (κ3) is 2.64. The van der Waals surface area contributed by atoms with E-state index >= 15 is 0 Å². The summed E-state index contributed by atoms with van der Waals surface area (Å²) in [6, 6.07) is 5.11. The van der Waals surface area contributed by atoms with Crippen molar-refractivity contribution in [1.29, 1.82) is 0 Å². The van der Waals surface area contributed by atoms with Gasteiger partial charge in [0.1, 0.15) is 11.5 Å². The average molecular weight is 283 g/mol. The van der Waals surface area contributed by atoms with E-state index in [1.807, 2.05) is 13.2 Å². The number of nitrogens with two attached hydrogens (primary N) is 1. The van der Waals surface area contributed by atoms with Crippen LogP contribution in [0, 0.1) is 0 Å². The molecule has 106 valence electrons. The second kappa shape index (κ2) is 5.16. The number of anilines is 1. The molecule has 0 saturated heterocycles. The number of nitrogens with zero attached hydrogens (tertiary/aromatic N) is 6. The fourth-order valence-electron chi connectivity index (χ4n) is 1.83. The van der Waals surface area contributed by atoms with Gasteiger partial charge in [-0.25, -0.2) is 9.97 Å². The third-order valence-corrected chi connectivity index (χ3v) is 2.82. The number of aromatic nitrogens is 6. The number of rotatable bonds is 3. The molecule has 0 amide bonds. The highest BCUT2D eigenvalue weighted by atomic mass is 16.5. The topological polar surface area (TPSA) is 105 Å². The standard InChI is InChI=1S/C13H13N7O/c1-20-7-8(6-15-20)10-5-11(14)17-13(16-10)9-3-4-12(21-2)19-18-9/h3-7H,1-2H3,(H2,14,16,17). The summed E-state index contributed by atoms with van der Waals surface area (Å²) >= 11 is 0. The first-order chi connectivity index (χ1) is 10.2. The van der Waals surface area contributed by atoms with Crippen molar-refractivity contribution >= 4 is 5.82 Å². The molecule has 0 aliphatic heterocycles. The van der Waals surface area contributed by atoms with Crippen LogP contribution in [-0.2, 0) is 7.05 Å². The van der Waals surface area contributed by atoms with Gasteiger partial charge >= 0.3 is 0 Å². The minimum Gasteiger partial charge on any atom is -0.480 e.